The molecule has 0 heterocycles. The first kappa shape index (κ1) is 15.5. The topological polar surface area (TPSA) is 78.8 Å². The summed E-state index contributed by atoms with van der Waals surface area (Å²) in [6, 6.07) is 4.00. The largest absolute Gasteiger partial charge is 0.496 e. The molecule has 0 bridgehead atoms. The van der Waals surface area contributed by atoms with Crippen molar-refractivity contribution in [1.82, 2.24) is 5.32 Å². The van der Waals surface area contributed by atoms with Gasteiger partial charge < -0.3 is 20.3 Å². The van der Waals surface area contributed by atoms with Crippen molar-refractivity contribution in [2.24, 2.45) is 0 Å². The summed E-state index contributed by atoms with van der Waals surface area (Å²) < 4.78 is 5.24. The Bertz CT molecular complexity index is 445. The first-order valence-electron chi connectivity index (χ1n) is 6.18. The lowest BCUT2D eigenvalue weighted by molar-refractivity contribution is -0.139. The van der Waals surface area contributed by atoms with E-state index >= 15 is 0 Å². The van der Waals surface area contributed by atoms with Gasteiger partial charge >= 0.3 is 5.97 Å². The average Bonchev–Trinajstić information content (AvgIpc) is 2.32. The van der Waals surface area contributed by atoms with Gasteiger partial charge in [-0.3, -0.25) is 4.79 Å². The van der Waals surface area contributed by atoms with Crippen molar-refractivity contribution in [3.63, 3.8) is 0 Å². The van der Waals surface area contributed by atoms with E-state index in [4.69, 9.17) is 9.84 Å². The second-order valence-electron chi connectivity index (χ2n) is 4.63. The Morgan fingerprint density at radius 3 is 2.63 bits per heavy atom. The second kappa shape index (κ2) is 7.11. The van der Waals surface area contributed by atoms with Crippen molar-refractivity contribution in [3.05, 3.63) is 28.8 Å². The lowest BCUT2D eigenvalue weighted by atomic mass is 10.0. The predicted molar refractivity (Wildman–Crippen MR) is 72.4 cm³/mol. The maximum Gasteiger partial charge on any atom is 0.306 e. The standard InChI is InChI=1S/C14H21NO4/c1-9-5-13(19-3)10(2)4-11(9)7-15-8-12(16)6-14(17)18/h4-5,12,15-16H,6-8H2,1-3H3,(H,17,18). The van der Waals surface area contributed by atoms with E-state index in [1.54, 1.807) is 7.11 Å². The van der Waals surface area contributed by atoms with Crippen LogP contribution in [0.15, 0.2) is 12.1 Å². The van der Waals surface area contributed by atoms with Crippen LogP contribution in [0.25, 0.3) is 0 Å². The van der Waals surface area contributed by atoms with Crippen LogP contribution in [0.5, 0.6) is 5.75 Å². The van der Waals surface area contributed by atoms with Crippen LogP contribution in [-0.4, -0.2) is 35.9 Å². The van der Waals surface area contributed by atoms with Gasteiger partial charge in [-0.05, 0) is 36.6 Å². The molecule has 0 fully saturated rings. The van der Waals surface area contributed by atoms with Gasteiger partial charge in [0.05, 0.1) is 19.6 Å². The van der Waals surface area contributed by atoms with Gasteiger partial charge in [-0.1, -0.05) is 6.07 Å². The van der Waals surface area contributed by atoms with Crippen LogP contribution in [0.2, 0.25) is 0 Å². The first-order chi connectivity index (χ1) is 8.93. The van der Waals surface area contributed by atoms with E-state index < -0.39 is 12.1 Å². The number of hydrogen-bond acceptors (Lipinski definition) is 4. The summed E-state index contributed by atoms with van der Waals surface area (Å²) in [5, 5.41) is 21.0. The summed E-state index contributed by atoms with van der Waals surface area (Å²) in [6.45, 7) is 4.82. The number of carboxylic acids is 1. The molecule has 0 aliphatic carbocycles. The highest BCUT2D eigenvalue weighted by Crippen LogP contribution is 2.22. The van der Waals surface area contributed by atoms with E-state index in [1.165, 1.54) is 0 Å². The number of rotatable bonds is 7. The zero-order chi connectivity index (χ0) is 14.4. The highest BCUT2D eigenvalue weighted by atomic mass is 16.5. The molecule has 0 aliphatic heterocycles. The van der Waals surface area contributed by atoms with Gasteiger partial charge in [0.25, 0.3) is 0 Å². The molecule has 1 unspecified atom stereocenters. The Hall–Kier alpha value is -1.59. The molecule has 0 spiro atoms. The third kappa shape index (κ3) is 4.89. The minimum Gasteiger partial charge on any atom is -0.496 e. The number of ether oxygens (including phenoxy) is 1. The zero-order valence-electron chi connectivity index (χ0n) is 11.6. The van der Waals surface area contributed by atoms with Crippen LogP contribution in [0.4, 0.5) is 0 Å². The van der Waals surface area contributed by atoms with E-state index in [2.05, 4.69) is 5.32 Å². The molecule has 0 radical (unpaired) electrons. The number of hydrogen-bond donors (Lipinski definition) is 3. The Balaban J connectivity index is 2.54. The average molecular weight is 267 g/mol. The molecule has 1 atom stereocenters. The Kier molecular flexibility index (Phi) is 5.79. The number of nitrogens with one attached hydrogen (secondary N) is 1. The number of aliphatic hydroxyl groups is 1. The minimum absolute atomic E-state index is 0.242. The van der Waals surface area contributed by atoms with E-state index in [0.717, 1.165) is 22.4 Å². The highest BCUT2D eigenvalue weighted by Gasteiger charge is 2.09. The Labute approximate surface area is 113 Å². The van der Waals surface area contributed by atoms with Crippen LogP contribution >= 0.6 is 0 Å². The molecular formula is C14H21NO4. The summed E-state index contributed by atoms with van der Waals surface area (Å²) in [6.07, 6.45) is -1.11. The molecule has 3 N–H and O–H groups in total. The summed E-state index contributed by atoms with van der Waals surface area (Å²) in [5.74, 6) is -0.141. The molecule has 0 amide bonds. The predicted octanol–water partition coefficient (Wildman–Crippen LogP) is 1.24. The molecule has 19 heavy (non-hydrogen) atoms. The third-order valence-corrected chi connectivity index (χ3v) is 2.96. The van der Waals surface area contributed by atoms with Crippen LogP contribution in [0.1, 0.15) is 23.1 Å². The van der Waals surface area contributed by atoms with Gasteiger partial charge in [-0.2, -0.15) is 0 Å². The van der Waals surface area contributed by atoms with E-state index in [-0.39, 0.29) is 13.0 Å². The molecule has 5 heteroatoms. The van der Waals surface area contributed by atoms with Crippen LogP contribution in [-0.2, 0) is 11.3 Å². The second-order valence-corrected chi connectivity index (χ2v) is 4.63. The van der Waals surface area contributed by atoms with Gasteiger partial charge in [-0.25, -0.2) is 0 Å². The van der Waals surface area contributed by atoms with E-state index in [0.29, 0.717) is 6.54 Å². The van der Waals surface area contributed by atoms with Gasteiger partial charge in [0.2, 0.25) is 0 Å². The summed E-state index contributed by atoms with van der Waals surface area (Å²) >= 11 is 0. The highest BCUT2D eigenvalue weighted by molar-refractivity contribution is 5.67. The number of aliphatic carboxylic acids is 1. The molecule has 1 aromatic carbocycles. The van der Waals surface area contributed by atoms with E-state index in [9.17, 15) is 9.90 Å². The van der Waals surface area contributed by atoms with Gasteiger partial charge in [-0.15, -0.1) is 0 Å². The SMILES string of the molecule is COc1cc(C)c(CNCC(O)CC(=O)O)cc1C. The number of aliphatic hydroxyl groups excluding tert-OH is 1. The minimum atomic E-state index is -0.995. The van der Waals surface area contributed by atoms with Crippen molar-refractivity contribution >= 4 is 5.97 Å². The van der Waals surface area contributed by atoms with E-state index in [1.807, 2.05) is 26.0 Å². The molecule has 0 saturated heterocycles. The summed E-state index contributed by atoms with van der Waals surface area (Å²) in [4.78, 5) is 10.4. The lowest BCUT2D eigenvalue weighted by Gasteiger charge is -2.13. The van der Waals surface area contributed by atoms with Crippen LogP contribution in [0.3, 0.4) is 0 Å². The Morgan fingerprint density at radius 1 is 1.37 bits per heavy atom. The fourth-order valence-corrected chi connectivity index (χ4v) is 1.91. The smallest absolute Gasteiger partial charge is 0.306 e. The molecule has 0 aromatic heterocycles. The summed E-state index contributed by atoms with van der Waals surface area (Å²) in [5.41, 5.74) is 3.26. The van der Waals surface area contributed by atoms with Crippen molar-refractivity contribution in [2.75, 3.05) is 13.7 Å². The molecule has 0 aliphatic rings. The molecule has 5 nitrogen and oxygen atoms in total. The molecule has 106 valence electrons. The normalized spacial score (nSPS) is 12.2. The number of aryl methyl sites for hydroxylation is 2. The van der Waals surface area contributed by atoms with Gasteiger partial charge in [0.15, 0.2) is 0 Å². The fraction of sp³-hybridized carbons (Fsp3) is 0.500. The monoisotopic (exact) mass is 267 g/mol. The number of benzene rings is 1. The Morgan fingerprint density at radius 2 is 2.05 bits per heavy atom. The first-order valence-corrected chi connectivity index (χ1v) is 6.18. The number of carboxylic acid groups (broad SMARTS) is 1. The molecular weight excluding hydrogens is 246 g/mol. The van der Waals surface area contributed by atoms with Crippen molar-refractivity contribution in [2.45, 2.75) is 32.9 Å². The lowest BCUT2D eigenvalue weighted by Crippen LogP contribution is -2.28. The maximum atomic E-state index is 10.4. The van der Waals surface area contributed by atoms with Crippen LogP contribution in [0, 0.1) is 13.8 Å². The molecule has 1 rings (SSSR count). The van der Waals surface area contributed by atoms with Gasteiger partial charge in [0.1, 0.15) is 5.75 Å². The maximum absolute atomic E-state index is 10.4. The van der Waals surface area contributed by atoms with Crippen molar-refractivity contribution in [3.8, 4) is 5.75 Å². The van der Waals surface area contributed by atoms with Gasteiger partial charge in [0, 0.05) is 13.1 Å². The number of methoxy groups -OCH3 is 1. The van der Waals surface area contributed by atoms with Crippen molar-refractivity contribution in [1.29, 1.82) is 0 Å². The van der Waals surface area contributed by atoms with Crippen LogP contribution < -0.4 is 10.1 Å². The molecule has 1 aromatic rings. The fourth-order valence-electron chi connectivity index (χ4n) is 1.91. The third-order valence-electron chi connectivity index (χ3n) is 2.96. The quantitative estimate of drug-likeness (QED) is 0.692. The van der Waals surface area contributed by atoms with Crippen molar-refractivity contribution < 1.29 is 19.7 Å². The molecule has 0 saturated carbocycles. The number of carbonyl (C=O) groups is 1. The zero-order valence-corrected chi connectivity index (χ0v) is 11.6. The summed E-state index contributed by atoms with van der Waals surface area (Å²) in [7, 11) is 1.64.